The number of imidazole rings is 2. The molecule has 0 unspecified atom stereocenters. The monoisotopic (exact) mass is 716 g/mol. The van der Waals surface area contributed by atoms with Crippen molar-refractivity contribution < 1.29 is 40.6 Å². The number of benzene rings is 2. The lowest BCUT2D eigenvalue weighted by Gasteiger charge is -2.11. The number of ether oxygens (including phenoxy) is 3. The van der Waals surface area contributed by atoms with Gasteiger partial charge in [-0.05, 0) is 44.0 Å². The Hall–Kier alpha value is -5.88. The first kappa shape index (κ1) is 35.0. The third-order valence-corrected chi connectivity index (χ3v) is 7.51. The molecule has 4 aromatic heterocycles. The molecule has 4 heterocycles. The van der Waals surface area contributed by atoms with E-state index in [0.717, 1.165) is 12.8 Å². The Balaban J connectivity index is 0.000000176. The maximum absolute atomic E-state index is 13.3. The van der Waals surface area contributed by atoms with E-state index < -0.39 is 24.0 Å². The summed E-state index contributed by atoms with van der Waals surface area (Å²) in [5.74, 6) is -0.769. The van der Waals surface area contributed by atoms with Gasteiger partial charge in [-0.25, -0.2) is 29.9 Å². The average molecular weight is 717 g/mol. The van der Waals surface area contributed by atoms with Crippen molar-refractivity contribution in [3.63, 3.8) is 0 Å². The number of aromatic nitrogens is 8. The van der Waals surface area contributed by atoms with Crippen LogP contribution in [-0.2, 0) is 12.4 Å². The van der Waals surface area contributed by atoms with Gasteiger partial charge in [0.25, 0.3) is 0 Å². The number of halogens is 6. The minimum atomic E-state index is -4.67. The van der Waals surface area contributed by atoms with E-state index in [4.69, 9.17) is 14.2 Å². The fraction of sp³-hybridized carbons (Fsp3) is 0.312. The number of rotatable bonds is 9. The molecule has 268 valence electrons. The summed E-state index contributed by atoms with van der Waals surface area (Å²) in [6, 6.07) is 12.1. The molecule has 51 heavy (non-hydrogen) atoms. The minimum Gasteiger partial charge on any atom is -0.494 e. The van der Waals surface area contributed by atoms with Crippen molar-refractivity contribution in [3.05, 3.63) is 66.8 Å². The maximum atomic E-state index is 13.3. The predicted molar refractivity (Wildman–Crippen MR) is 174 cm³/mol. The normalized spacial score (nSPS) is 13.1. The third kappa shape index (κ3) is 7.36. The highest BCUT2D eigenvalue weighted by atomic mass is 19.4. The van der Waals surface area contributed by atoms with Gasteiger partial charge < -0.3 is 24.8 Å². The molecule has 0 aliphatic heterocycles. The lowest BCUT2D eigenvalue weighted by atomic mass is 10.2. The Morgan fingerprint density at radius 2 is 1.31 bits per heavy atom. The van der Waals surface area contributed by atoms with Crippen LogP contribution in [0.4, 0.5) is 38.0 Å². The number of hydrogen-bond donors (Lipinski definition) is 2. The van der Waals surface area contributed by atoms with E-state index in [-0.39, 0.29) is 34.5 Å². The number of methoxy groups -OCH3 is 2. The van der Waals surface area contributed by atoms with Crippen LogP contribution in [-0.4, -0.2) is 73.0 Å². The topological polar surface area (TPSA) is 139 Å². The highest BCUT2D eigenvalue weighted by Gasteiger charge is 2.38. The second kappa shape index (κ2) is 13.8. The Kier molecular flexibility index (Phi) is 9.46. The van der Waals surface area contributed by atoms with Gasteiger partial charge in [0.1, 0.15) is 18.4 Å². The summed E-state index contributed by atoms with van der Waals surface area (Å²) in [5, 5.41) is 5.63. The number of nitrogens with one attached hydrogen (secondary N) is 2. The summed E-state index contributed by atoms with van der Waals surface area (Å²) in [6.07, 6.45) is -4.68. The molecule has 7 rings (SSSR count). The van der Waals surface area contributed by atoms with Gasteiger partial charge in [0, 0.05) is 25.2 Å². The molecule has 0 saturated heterocycles. The first-order chi connectivity index (χ1) is 24.3. The van der Waals surface area contributed by atoms with Crippen LogP contribution in [0.3, 0.4) is 0 Å². The Labute approximate surface area is 285 Å². The van der Waals surface area contributed by atoms with Gasteiger partial charge in [-0.1, -0.05) is 6.07 Å². The molecule has 2 N–H and O–H groups in total. The number of fused-ring (bicyclic) bond motifs is 2. The summed E-state index contributed by atoms with van der Waals surface area (Å²) in [5.41, 5.74) is 1.80. The van der Waals surface area contributed by atoms with Gasteiger partial charge in [0.2, 0.25) is 11.6 Å². The number of anilines is 2. The van der Waals surface area contributed by atoms with Crippen molar-refractivity contribution in [3.8, 4) is 28.6 Å². The van der Waals surface area contributed by atoms with Crippen LogP contribution < -0.4 is 24.8 Å². The number of nitrogens with zero attached hydrogens (tertiary/aromatic N) is 8. The molecule has 19 heteroatoms. The van der Waals surface area contributed by atoms with Crippen LogP contribution in [0.25, 0.3) is 33.7 Å². The summed E-state index contributed by atoms with van der Waals surface area (Å²) in [6.45, 7) is 2.35. The van der Waals surface area contributed by atoms with E-state index in [1.165, 1.54) is 43.1 Å². The van der Waals surface area contributed by atoms with E-state index in [1.54, 1.807) is 42.5 Å². The summed E-state index contributed by atoms with van der Waals surface area (Å²) in [7, 11) is 4.43. The first-order valence-electron chi connectivity index (χ1n) is 15.4. The van der Waals surface area contributed by atoms with Crippen LogP contribution in [0.15, 0.2) is 55.1 Å². The fourth-order valence-electron chi connectivity index (χ4n) is 4.99. The first-order valence-corrected chi connectivity index (χ1v) is 15.4. The Morgan fingerprint density at radius 1 is 0.745 bits per heavy atom. The maximum Gasteiger partial charge on any atom is 0.451 e. The molecule has 13 nitrogen and oxygen atoms in total. The van der Waals surface area contributed by atoms with Crippen LogP contribution in [0, 0.1) is 0 Å². The van der Waals surface area contributed by atoms with E-state index in [1.807, 2.05) is 6.92 Å². The smallest absolute Gasteiger partial charge is 0.451 e. The molecule has 1 fully saturated rings. The van der Waals surface area contributed by atoms with Gasteiger partial charge in [0.15, 0.2) is 45.5 Å². The molecule has 0 atom stereocenters. The van der Waals surface area contributed by atoms with Crippen molar-refractivity contribution in [1.29, 1.82) is 0 Å². The summed E-state index contributed by atoms with van der Waals surface area (Å²) in [4.78, 5) is 22.9. The van der Waals surface area contributed by atoms with Crippen molar-refractivity contribution >= 4 is 34.0 Å². The highest BCUT2D eigenvalue weighted by Crippen LogP contribution is 2.35. The molecule has 1 aliphatic carbocycles. The van der Waals surface area contributed by atoms with Crippen molar-refractivity contribution in [2.45, 2.75) is 38.2 Å². The van der Waals surface area contributed by atoms with Crippen LogP contribution >= 0.6 is 0 Å². The van der Waals surface area contributed by atoms with E-state index in [2.05, 4.69) is 40.5 Å². The standard InChI is InChI=1S/C17H16F3N5O.C15H14F3N5O2/c1-2-26-12-5-3-4-11(8-12)25-9-21-13-14(22-10-6-7-10)23-16(17(18,19)20)24-15(13)25;1-19-12-11-13(22-14(21-12)15(16,17)18)23(7-20-11)8-4-5-9(24-2)10(6-8)25-3/h3-5,8-10H,2,6-7H2,1H3,(H,22,23,24);4-7H,1-3H3,(H,19,21,22). The quantitative estimate of drug-likeness (QED) is 0.155. The predicted octanol–water partition coefficient (Wildman–Crippen LogP) is 6.70. The SMILES string of the molecule is CCOc1cccc(-n2cnc3c(NC4CC4)nc(C(F)(F)F)nc32)c1.CNc1nc(C(F)(F)F)nc2c1ncn2-c1ccc(OC)c(OC)c1. The van der Waals surface area contributed by atoms with Gasteiger partial charge in [-0.3, -0.25) is 9.13 Å². The second-order valence-electron chi connectivity index (χ2n) is 11.0. The number of alkyl halides is 6. The van der Waals surface area contributed by atoms with Crippen molar-refractivity contribution in [2.75, 3.05) is 38.5 Å². The van der Waals surface area contributed by atoms with Gasteiger partial charge in [-0.2, -0.15) is 26.3 Å². The zero-order valence-corrected chi connectivity index (χ0v) is 27.5. The van der Waals surface area contributed by atoms with E-state index in [9.17, 15) is 26.3 Å². The fourth-order valence-corrected chi connectivity index (χ4v) is 4.99. The van der Waals surface area contributed by atoms with E-state index >= 15 is 0 Å². The summed E-state index contributed by atoms with van der Waals surface area (Å²) < 4.78 is 97.7. The zero-order chi connectivity index (χ0) is 36.5. The molecule has 1 saturated carbocycles. The van der Waals surface area contributed by atoms with E-state index in [0.29, 0.717) is 40.7 Å². The second-order valence-corrected chi connectivity index (χ2v) is 11.0. The number of hydrogen-bond acceptors (Lipinski definition) is 11. The lowest BCUT2D eigenvalue weighted by Crippen LogP contribution is -2.15. The largest absolute Gasteiger partial charge is 0.494 e. The summed E-state index contributed by atoms with van der Waals surface area (Å²) >= 11 is 0. The molecule has 6 aromatic rings. The molecule has 0 spiro atoms. The molecule has 0 bridgehead atoms. The van der Waals surface area contributed by atoms with Crippen LogP contribution in [0.1, 0.15) is 31.4 Å². The molecule has 0 radical (unpaired) electrons. The van der Waals surface area contributed by atoms with Crippen LogP contribution in [0.5, 0.6) is 17.2 Å². The molecule has 0 amide bonds. The average Bonchev–Trinajstić information content (AvgIpc) is 3.64. The highest BCUT2D eigenvalue weighted by molar-refractivity contribution is 5.85. The van der Waals surface area contributed by atoms with Gasteiger partial charge in [0.05, 0.1) is 32.2 Å². The van der Waals surface area contributed by atoms with Crippen LogP contribution in [0.2, 0.25) is 0 Å². The van der Waals surface area contributed by atoms with Gasteiger partial charge in [-0.15, -0.1) is 0 Å². The lowest BCUT2D eigenvalue weighted by molar-refractivity contribution is -0.145. The minimum absolute atomic E-state index is 0.00319. The van der Waals surface area contributed by atoms with Crippen molar-refractivity contribution in [2.24, 2.45) is 0 Å². The zero-order valence-electron chi connectivity index (χ0n) is 27.5. The molecule has 1 aliphatic rings. The molecule has 2 aromatic carbocycles. The van der Waals surface area contributed by atoms with Crippen molar-refractivity contribution in [1.82, 2.24) is 39.0 Å². The van der Waals surface area contributed by atoms with Gasteiger partial charge >= 0.3 is 12.4 Å². The Morgan fingerprint density at radius 3 is 1.84 bits per heavy atom. The molecular weight excluding hydrogens is 686 g/mol. The third-order valence-electron chi connectivity index (χ3n) is 7.51. The molecular formula is C32H30F6N10O3. The Bertz CT molecular complexity index is 2180.